The van der Waals surface area contributed by atoms with Crippen molar-refractivity contribution in [1.29, 1.82) is 5.26 Å². The average Bonchev–Trinajstić information content (AvgIpc) is 3.24. The monoisotopic (exact) mass is 475 g/mol. The van der Waals surface area contributed by atoms with E-state index in [4.69, 9.17) is 19.5 Å². The average molecular weight is 476 g/mol. The first-order valence-electron chi connectivity index (χ1n) is 12.7. The van der Waals surface area contributed by atoms with Crippen molar-refractivity contribution < 1.29 is 19.0 Å². The Morgan fingerprint density at radius 3 is 2.63 bits per heavy atom. The Kier molecular flexibility index (Phi) is 7.39. The van der Waals surface area contributed by atoms with Crippen LogP contribution in [-0.4, -0.2) is 67.4 Å². The topological polar surface area (TPSA) is 75.0 Å². The fraction of sp³-hybridized carbons (Fsp3) is 0.500. The summed E-state index contributed by atoms with van der Waals surface area (Å²) in [6.45, 7) is 4.74. The van der Waals surface area contributed by atoms with Crippen LogP contribution in [0, 0.1) is 17.2 Å². The zero-order chi connectivity index (χ0) is 24.0. The van der Waals surface area contributed by atoms with Gasteiger partial charge in [-0.3, -0.25) is 4.90 Å². The number of nitrogens with zero attached hydrogens (tertiary/aromatic N) is 3. The van der Waals surface area contributed by atoms with Crippen LogP contribution in [0.2, 0.25) is 0 Å². The Balaban J connectivity index is 1.03. The van der Waals surface area contributed by atoms with E-state index in [2.05, 4.69) is 23.1 Å². The highest BCUT2D eigenvalue weighted by atomic mass is 16.6. The number of carbonyl (C=O) groups is 1. The third kappa shape index (κ3) is 5.88. The lowest BCUT2D eigenvalue weighted by Gasteiger charge is -2.36. The molecule has 7 heteroatoms. The number of amides is 1. The molecule has 2 saturated heterocycles. The summed E-state index contributed by atoms with van der Waals surface area (Å²) in [7, 11) is 0. The largest absolute Gasteiger partial charge is 0.486 e. The number of carbonyl (C=O) groups excluding carboxylic acids is 1. The van der Waals surface area contributed by atoms with Gasteiger partial charge in [0.1, 0.15) is 19.3 Å². The highest BCUT2D eigenvalue weighted by molar-refractivity contribution is 5.70. The molecule has 184 valence electrons. The molecule has 7 nitrogen and oxygen atoms in total. The van der Waals surface area contributed by atoms with Crippen molar-refractivity contribution in [2.24, 2.45) is 5.92 Å². The molecule has 2 atom stereocenters. The van der Waals surface area contributed by atoms with Crippen LogP contribution in [0.1, 0.15) is 36.8 Å². The van der Waals surface area contributed by atoms with Gasteiger partial charge in [0.05, 0.1) is 17.7 Å². The Hall–Kier alpha value is -3.24. The normalized spacial score (nSPS) is 22.6. The van der Waals surface area contributed by atoms with Crippen molar-refractivity contribution in [2.45, 2.75) is 44.2 Å². The van der Waals surface area contributed by atoms with Crippen molar-refractivity contribution in [3.05, 3.63) is 59.7 Å². The van der Waals surface area contributed by atoms with E-state index in [-0.39, 0.29) is 18.2 Å². The van der Waals surface area contributed by atoms with Crippen LogP contribution in [0.25, 0.3) is 0 Å². The Bertz CT molecular complexity index is 1050. The standard InChI is InChI=1S/C28H33N3O4/c29-17-23-8-9-26-27(16-23)35-25(20-33-26)18-30-13-10-21(11-14-30)7-4-12-31-24(19-34-28(31)32)15-22-5-2-1-3-6-22/h1-3,5-6,8-9,16,21,24-25H,4,7,10-15,18-20H2/t24-,25?/m0/s1. The summed E-state index contributed by atoms with van der Waals surface area (Å²) in [4.78, 5) is 16.6. The lowest BCUT2D eigenvalue weighted by atomic mass is 9.92. The Morgan fingerprint density at radius 2 is 1.83 bits per heavy atom. The molecule has 0 saturated carbocycles. The summed E-state index contributed by atoms with van der Waals surface area (Å²) in [5, 5.41) is 9.12. The zero-order valence-corrected chi connectivity index (χ0v) is 20.1. The Labute approximate surface area is 207 Å². The quantitative estimate of drug-likeness (QED) is 0.568. The Morgan fingerprint density at radius 1 is 1.00 bits per heavy atom. The van der Waals surface area contributed by atoms with Gasteiger partial charge >= 0.3 is 6.09 Å². The first kappa shape index (κ1) is 23.5. The van der Waals surface area contributed by atoms with Crippen molar-refractivity contribution in [3.8, 4) is 17.6 Å². The molecule has 1 amide bonds. The summed E-state index contributed by atoms with van der Waals surface area (Å²) in [5.41, 5.74) is 1.83. The molecule has 2 aromatic carbocycles. The second-order valence-corrected chi connectivity index (χ2v) is 9.82. The molecule has 5 rings (SSSR count). The first-order valence-corrected chi connectivity index (χ1v) is 12.7. The number of benzene rings is 2. The molecule has 0 N–H and O–H groups in total. The molecule has 2 aromatic rings. The summed E-state index contributed by atoms with van der Waals surface area (Å²) in [5.74, 6) is 2.08. The molecule has 0 bridgehead atoms. The maximum absolute atomic E-state index is 12.3. The minimum absolute atomic E-state index is 0.0179. The van der Waals surface area contributed by atoms with Crippen molar-refractivity contribution in [3.63, 3.8) is 0 Å². The molecule has 0 aliphatic carbocycles. The van der Waals surface area contributed by atoms with E-state index in [1.165, 1.54) is 18.4 Å². The van der Waals surface area contributed by atoms with Crippen LogP contribution in [0.5, 0.6) is 11.5 Å². The fourth-order valence-electron chi connectivity index (χ4n) is 5.39. The number of nitriles is 1. The highest BCUT2D eigenvalue weighted by Crippen LogP contribution is 2.33. The molecule has 3 heterocycles. The van der Waals surface area contributed by atoms with Gasteiger partial charge in [0.2, 0.25) is 0 Å². The maximum Gasteiger partial charge on any atom is 0.410 e. The van der Waals surface area contributed by atoms with E-state index in [1.807, 2.05) is 23.1 Å². The lowest BCUT2D eigenvalue weighted by Crippen LogP contribution is -2.44. The number of ether oxygens (including phenoxy) is 3. The number of fused-ring (bicyclic) bond motifs is 1. The lowest BCUT2D eigenvalue weighted by molar-refractivity contribution is 0.0469. The maximum atomic E-state index is 12.3. The number of hydrogen-bond donors (Lipinski definition) is 0. The summed E-state index contributed by atoms with van der Waals surface area (Å²) in [6, 6.07) is 17.9. The third-order valence-electron chi connectivity index (χ3n) is 7.36. The van der Waals surface area contributed by atoms with Crippen LogP contribution in [0.3, 0.4) is 0 Å². The predicted molar refractivity (Wildman–Crippen MR) is 131 cm³/mol. The predicted octanol–water partition coefficient (Wildman–Crippen LogP) is 4.25. The summed E-state index contributed by atoms with van der Waals surface area (Å²) in [6.07, 6.45) is 5.15. The van der Waals surface area contributed by atoms with E-state index in [0.29, 0.717) is 36.2 Å². The van der Waals surface area contributed by atoms with Gasteiger partial charge in [0.25, 0.3) is 0 Å². The van der Waals surface area contributed by atoms with Crippen LogP contribution >= 0.6 is 0 Å². The number of likely N-dealkylation sites (tertiary alicyclic amines) is 1. The second-order valence-electron chi connectivity index (χ2n) is 9.82. The van der Waals surface area contributed by atoms with Crippen molar-refractivity contribution in [2.75, 3.05) is 39.4 Å². The summed E-state index contributed by atoms with van der Waals surface area (Å²) >= 11 is 0. The van der Waals surface area contributed by atoms with E-state index >= 15 is 0 Å². The molecular weight excluding hydrogens is 442 g/mol. The number of hydrogen-bond acceptors (Lipinski definition) is 6. The number of rotatable bonds is 8. The minimum Gasteiger partial charge on any atom is -0.486 e. The third-order valence-corrected chi connectivity index (χ3v) is 7.36. The van der Waals surface area contributed by atoms with Gasteiger partial charge in [-0.15, -0.1) is 0 Å². The van der Waals surface area contributed by atoms with Crippen LogP contribution in [-0.2, 0) is 11.2 Å². The molecule has 35 heavy (non-hydrogen) atoms. The second kappa shape index (κ2) is 11.0. The number of cyclic esters (lactones) is 1. The van der Waals surface area contributed by atoms with Crippen LogP contribution < -0.4 is 9.47 Å². The van der Waals surface area contributed by atoms with E-state index in [0.717, 1.165) is 45.4 Å². The summed E-state index contributed by atoms with van der Waals surface area (Å²) < 4.78 is 17.3. The molecule has 3 aliphatic heterocycles. The van der Waals surface area contributed by atoms with Crippen molar-refractivity contribution in [1.82, 2.24) is 9.80 Å². The number of piperidine rings is 1. The van der Waals surface area contributed by atoms with Gasteiger partial charge in [-0.1, -0.05) is 30.3 Å². The molecule has 1 unspecified atom stereocenters. The molecule has 3 aliphatic rings. The van der Waals surface area contributed by atoms with Gasteiger partial charge < -0.3 is 19.1 Å². The SMILES string of the molecule is N#Cc1ccc2c(c1)OC(CN1CCC(CCCN3C(=O)OC[C@@H]3Cc3ccccc3)CC1)CO2. The molecular formula is C28H33N3O4. The van der Waals surface area contributed by atoms with Gasteiger partial charge in [0.15, 0.2) is 11.5 Å². The molecule has 0 spiro atoms. The zero-order valence-electron chi connectivity index (χ0n) is 20.1. The van der Waals surface area contributed by atoms with Crippen LogP contribution in [0.15, 0.2) is 48.5 Å². The van der Waals surface area contributed by atoms with Gasteiger partial charge in [0, 0.05) is 19.2 Å². The van der Waals surface area contributed by atoms with Crippen molar-refractivity contribution >= 4 is 6.09 Å². The minimum atomic E-state index is -0.168. The van der Waals surface area contributed by atoms with Gasteiger partial charge in [-0.2, -0.15) is 5.26 Å². The smallest absolute Gasteiger partial charge is 0.410 e. The van der Waals surface area contributed by atoms with Gasteiger partial charge in [-0.25, -0.2) is 4.79 Å². The van der Waals surface area contributed by atoms with Gasteiger partial charge in [-0.05, 0) is 68.8 Å². The molecule has 0 radical (unpaired) electrons. The highest BCUT2D eigenvalue weighted by Gasteiger charge is 2.33. The van der Waals surface area contributed by atoms with E-state index < -0.39 is 0 Å². The fourth-order valence-corrected chi connectivity index (χ4v) is 5.39. The van der Waals surface area contributed by atoms with E-state index in [9.17, 15) is 4.79 Å². The van der Waals surface area contributed by atoms with E-state index in [1.54, 1.807) is 18.2 Å². The molecule has 0 aromatic heterocycles. The first-order chi connectivity index (χ1) is 17.2. The molecule has 2 fully saturated rings. The van der Waals surface area contributed by atoms with Crippen LogP contribution in [0.4, 0.5) is 4.79 Å².